The molecule has 0 unspecified atom stereocenters. The standard InChI is InChI=1S/C6H10N4/c7-6-1-2-10(9-6)5-3-8-4-5/h1-2,5,8H,3-4H2,(H2,7,9). The van der Waals surface area contributed by atoms with E-state index in [2.05, 4.69) is 10.4 Å². The van der Waals surface area contributed by atoms with Crippen LogP contribution < -0.4 is 11.1 Å². The molecule has 2 rings (SSSR count). The second kappa shape index (κ2) is 1.98. The predicted octanol–water partition coefficient (Wildman–Crippen LogP) is -0.390. The van der Waals surface area contributed by atoms with E-state index >= 15 is 0 Å². The average Bonchev–Trinajstić information content (AvgIpc) is 2.10. The molecule has 1 aromatic heterocycles. The van der Waals surface area contributed by atoms with Crippen molar-refractivity contribution in [3.05, 3.63) is 12.3 Å². The molecule has 0 bridgehead atoms. The van der Waals surface area contributed by atoms with Crippen LogP contribution in [0.1, 0.15) is 6.04 Å². The van der Waals surface area contributed by atoms with Gasteiger partial charge in [0.2, 0.25) is 0 Å². The summed E-state index contributed by atoms with van der Waals surface area (Å²) in [4.78, 5) is 0. The van der Waals surface area contributed by atoms with Crippen molar-refractivity contribution in [2.24, 2.45) is 0 Å². The molecule has 1 aromatic rings. The summed E-state index contributed by atoms with van der Waals surface area (Å²) >= 11 is 0. The summed E-state index contributed by atoms with van der Waals surface area (Å²) in [7, 11) is 0. The van der Waals surface area contributed by atoms with Gasteiger partial charge in [-0.3, -0.25) is 4.68 Å². The Morgan fingerprint density at radius 3 is 2.90 bits per heavy atom. The number of anilines is 1. The Bertz CT molecular complexity index is 225. The van der Waals surface area contributed by atoms with Gasteiger partial charge in [0.15, 0.2) is 0 Å². The van der Waals surface area contributed by atoms with Crippen LogP contribution in [0.15, 0.2) is 12.3 Å². The summed E-state index contributed by atoms with van der Waals surface area (Å²) in [5.74, 6) is 0.604. The zero-order valence-corrected chi connectivity index (χ0v) is 5.62. The minimum absolute atomic E-state index is 0.525. The van der Waals surface area contributed by atoms with Gasteiger partial charge in [-0.05, 0) is 6.07 Å². The molecule has 3 N–H and O–H groups in total. The fourth-order valence-electron chi connectivity index (χ4n) is 1.02. The molecule has 0 radical (unpaired) electrons. The van der Waals surface area contributed by atoms with Crippen LogP contribution in [0.5, 0.6) is 0 Å². The number of rotatable bonds is 1. The monoisotopic (exact) mass is 138 g/mol. The number of nitrogens with zero attached hydrogens (tertiary/aromatic N) is 2. The van der Waals surface area contributed by atoms with E-state index in [1.807, 2.05) is 16.9 Å². The third-order valence-corrected chi connectivity index (χ3v) is 1.76. The molecule has 0 atom stereocenters. The summed E-state index contributed by atoms with van der Waals surface area (Å²) < 4.78 is 1.91. The lowest BCUT2D eigenvalue weighted by atomic mass is 10.2. The van der Waals surface area contributed by atoms with Crippen LogP contribution in [0.2, 0.25) is 0 Å². The Hall–Kier alpha value is -1.03. The Kier molecular flexibility index (Phi) is 1.14. The highest BCUT2D eigenvalue weighted by molar-refractivity contribution is 5.24. The number of hydrogen-bond donors (Lipinski definition) is 2. The molecule has 10 heavy (non-hydrogen) atoms. The third-order valence-electron chi connectivity index (χ3n) is 1.76. The van der Waals surface area contributed by atoms with Crippen LogP contribution in [-0.4, -0.2) is 22.9 Å². The van der Waals surface area contributed by atoms with Gasteiger partial charge in [-0.15, -0.1) is 0 Å². The van der Waals surface area contributed by atoms with Gasteiger partial charge >= 0.3 is 0 Å². The van der Waals surface area contributed by atoms with Crippen molar-refractivity contribution in [3.8, 4) is 0 Å². The fraction of sp³-hybridized carbons (Fsp3) is 0.500. The van der Waals surface area contributed by atoms with Crippen LogP contribution in [0.25, 0.3) is 0 Å². The van der Waals surface area contributed by atoms with Gasteiger partial charge in [0.25, 0.3) is 0 Å². The molecule has 4 heteroatoms. The van der Waals surface area contributed by atoms with Crippen molar-refractivity contribution in [1.82, 2.24) is 15.1 Å². The van der Waals surface area contributed by atoms with Gasteiger partial charge in [0.1, 0.15) is 5.82 Å². The van der Waals surface area contributed by atoms with Crippen molar-refractivity contribution in [2.45, 2.75) is 6.04 Å². The maximum absolute atomic E-state index is 5.44. The van der Waals surface area contributed by atoms with Gasteiger partial charge < -0.3 is 11.1 Å². The van der Waals surface area contributed by atoms with E-state index in [4.69, 9.17) is 5.73 Å². The molecule has 0 amide bonds. The zero-order chi connectivity index (χ0) is 6.97. The molecule has 54 valence electrons. The summed E-state index contributed by atoms with van der Waals surface area (Å²) in [6.07, 6.45) is 1.92. The van der Waals surface area contributed by atoms with Gasteiger partial charge in [0.05, 0.1) is 6.04 Å². The van der Waals surface area contributed by atoms with Crippen molar-refractivity contribution in [2.75, 3.05) is 18.8 Å². The molecular weight excluding hydrogens is 128 g/mol. The topological polar surface area (TPSA) is 55.9 Å². The van der Waals surface area contributed by atoms with Gasteiger partial charge in [-0.1, -0.05) is 0 Å². The molecule has 2 heterocycles. The molecule has 0 saturated carbocycles. The number of nitrogens with one attached hydrogen (secondary N) is 1. The van der Waals surface area contributed by atoms with Crippen molar-refractivity contribution in [3.63, 3.8) is 0 Å². The first-order valence-electron chi connectivity index (χ1n) is 3.37. The second-order valence-electron chi connectivity index (χ2n) is 2.53. The van der Waals surface area contributed by atoms with Crippen LogP contribution in [-0.2, 0) is 0 Å². The Morgan fingerprint density at radius 1 is 1.70 bits per heavy atom. The number of nitrogens with two attached hydrogens (primary N) is 1. The van der Waals surface area contributed by atoms with E-state index in [-0.39, 0.29) is 0 Å². The lowest BCUT2D eigenvalue weighted by Crippen LogP contribution is -2.43. The molecule has 1 aliphatic rings. The Morgan fingerprint density at radius 2 is 2.50 bits per heavy atom. The molecule has 1 saturated heterocycles. The summed E-state index contributed by atoms with van der Waals surface area (Å²) in [6.45, 7) is 2.03. The fourth-order valence-corrected chi connectivity index (χ4v) is 1.02. The summed E-state index contributed by atoms with van der Waals surface area (Å²) in [5.41, 5.74) is 5.44. The molecule has 4 nitrogen and oxygen atoms in total. The van der Waals surface area contributed by atoms with E-state index in [0.717, 1.165) is 13.1 Å². The molecular formula is C6H10N4. The highest BCUT2D eigenvalue weighted by Gasteiger charge is 2.18. The Labute approximate surface area is 59.0 Å². The SMILES string of the molecule is Nc1ccn(C2CNC2)n1. The number of aromatic nitrogens is 2. The smallest absolute Gasteiger partial charge is 0.145 e. The number of hydrogen-bond acceptors (Lipinski definition) is 3. The van der Waals surface area contributed by atoms with Gasteiger partial charge in [0, 0.05) is 19.3 Å². The maximum Gasteiger partial charge on any atom is 0.145 e. The Balaban J connectivity index is 2.17. The van der Waals surface area contributed by atoms with Crippen molar-refractivity contribution >= 4 is 5.82 Å². The minimum Gasteiger partial charge on any atom is -0.382 e. The highest BCUT2D eigenvalue weighted by Crippen LogP contribution is 2.10. The van der Waals surface area contributed by atoms with Crippen LogP contribution in [0.4, 0.5) is 5.82 Å². The zero-order valence-electron chi connectivity index (χ0n) is 5.62. The van der Waals surface area contributed by atoms with Crippen LogP contribution in [0, 0.1) is 0 Å². The molecule has 0 spiro atoms. The van der Waals surface area contributed by atoms with E-state index < -0.39 is 0 Å². The number of nitrogen functional groups attached to an aromatic ring is 1. The van der Waals surface area contributed by atoms with Gasteiger partial charge in [-0.2, -0.15) is 5.10 Å². The average molecular weight is 138 g/mol. The minimum atomic E-state index is 0.525. The molecule has 0 aliphatic carbocycles. The van der Waals surface area contributed by atoms with Gasteiger partial charge in [-0.25, -0.2) is 0 Å². The largest absolute Gasteiger partial charge is 0.382 e. The van der Waals surface area contributed by atoms with Crippen molar-refractivity contribution < 1.29 is 0 Å². The van der Waals surface area contributed by atoms with Crippen molar-refractivity contribution in [1.29, 1.82) is 0 Å². The first-order valence-corrected chi connectivity index (χ1v) is 3.37. The quantitative estimate of drug-likeness (QED) is 0.555. The van der Waals surface area contributed by atoms with E-state index in [1.54, 1.807) is 0 Å². The second-order valence-corrected chi connectivity index (χ2v) is 2.53. The van der Waals surface area contributed by atoms with E-state index in [0.29, 0.717) is 11.9 Å². The molecule has 0 aromatic carbocycles. The first-order chi connectivity index (χ1) is 4.86. The van der Waals surface area contributed by atoms with Crippen LogP contribution >= 0.6 is 0 Å². The maximum atomic E-state index is 5.44. The normalized spacial score (nSPS) is 18.8. The first kappa shape index (κ1) is 5.73. The third kappa shape index (κ3) is 0.769. The molecule has 1 aliphatic heterocycles. The molecule has 1 fully saturated rings. The predicted molar refractivity (Wildman–Crippen MR) is 38.5 cm³/mol. The van der Waals surface area contributed by atoms with Crippen LogP contribution in [0.3, 0.4) is 0 Å². The van der Waals surface area contributed by atoms with E-state index in [1.165, 1.54) is 0 Å². The van der Waals surface area contributed by atoms with E-state index in [9.17, 15) is 0 Å². The highest BCUT2D eigenvalue weighted by atomic mass is 15.3. The lowest BCUT2D eigenvalue weighted by molar-refractivity contribution is 0.319. The lowest BCUT2D eigenvalue weighted by Gasteiger charge is -2.26. The summed E-state index contributed by atoms with van der Waals surface area (Å²) in [5, 5.41) is 7.25. The summed E-state index contributed by atoms with van der Waals surface area (Å²) in [6, 6.07) is 2.34.